The van der Waals surface area contributed by atoms with E-state index in [2.05, 4.69) is 5.32 Å². The number of carbonyl (C=O) groups is 1. The Labute approximate surface area is 102 Å². The van der Waals surface area contributed by atoms with Crippen LogP contribution in [0.4, 0.5) is 0 Å². The Morgan fingerprint density at radius 1 is 1.65 bits per heavy atom. The fourth-order valence-electron chi connectivity index (χ4n) is 2.05. The summed E-state index contributed by atoms with van der Waals surface area (Å²) in [5.74, 6) is 0.266. The molecule has 1 heterocycles. The Hall–Kier alpha value is -0.650. The lowest BCUT2D eigenvalue weighted by molar-refractivity contribution is -0.131. The Morgan fingerprint density at radius 3 is 3.00 bits per heavy atom. The lowest BCUT2D eigenvalue weighted by atomic mass is 9.89. The second kappa shape index (κ2) is 7.63. The van der Waals surface area contributed by atoms with Gasteiger partial charge in [-0.05, 0) is 18.8 Å². The van der Waals surface area contributed by atoms with Crippen molar-refractivity contribution in [2.75, 3.05) is 33.5 Å². The van der Waals surface area contributed by atoms with Gasteiger partial charge in [-0.25, -0.2) is 0 Å². The molecule has 0 bridgehead atoms. The molecule has 2 N–H and O–H groups in total. The fraction of sp³-hybridized carbons (Fsp3) is 0.917. The highest BCUT2D eigenvalue weighted by Crippen LogP contribution is 2.21. The maximum Gasteiger partial charge on any atom is 0.223 e. The number of carbonyl (C=O) groups excluding carboxylic acids is 1. The third kappa shape index (κ3) is 4.61. The number of ether oxygens (including phenoxy) is 2. The van der Waals surface area contributed by atoms with Gasteiger partial charge in [-0.15, -0.1) is 0 Å². The molecule has 1 rings (SSSR count). The molecule has 0 radical (unpaired) electrons. The number of aliphatic hydroxyl groups is 1. The van der Waals surface area contributed by atoms with E-state index >= 15 is 0 Å². The normalized spacial score (nSPS) is 26.5. The van der Waals surface area contributed by atoms with Crippen molar-refractivity contribution in [3.8, 4) is 0 Å². The third-order valence-electron chi connectivity index (χ3n) is 3.21. The van der Waals surface area contributed by atoms with E-state index in [1.54, 1.807) is 7.11 Å². The van der Waals surface area contributed by atoms with Crippen molar-refractivity contribution >= 4 is 5.91 Å². The lowest BCUT2D eigenvalue weighted by Gasteiger charge is -2.29. The second-order valence-corrected chi connectivity index (χ2v) is 4.62. The van der Waals surface area contributed by atoms with E-state index < -0.39 is 0 Å². The van der Waals surface area contributed by atoms with Gasteiger partial charge in [0.1, 0.15) is 0 Å². The molecule has 1 aliphatic rings. The van der Waals surface area contributed by atoms with Crippen LogP contribution in [0.3, 0.4) is 0 Å². The predicted molar refractivity (Wildman–Crippen MR) is 63.6 cm³/mol. The predicted octanol–water partition coefficient (Wildman–Crippen LogP) is 0.173. The van der Waals surface area contributed by atoms with Gasteiger partial charge < -0.3 is 19.9 Å². The van der Waals surface area contributed by atoms with Crippen molar-refractivity contribution < 1.29 is 19.4 Å². The van der Waals surface area contributed by atoms with Crippen LogP contribution in [0.5, 0.6) is 0 Å². The minimum Gasteiger partial charge on any atom is -0.394 e. The fourth-order valence-corrected chi connectivity index (χ4v) is 2.05. The van der Waals surface area contributed by atoms with Gasteiger partial charge in [0.2, 0.25) is 5.91 Å². The highest BCUT2D eigenvalue weighted by Gasteiger charge is 2.29. The smallest absolute Gasteiger partial charge is 0.223 e. The van der Waals surface area contributed by atoms with Crippen molar-refractivity contribution in [2.24, 2.45) is 11.8 Å². The summed E-state index contributed by atoms with van der Waals surface area (Å²) in [6.07, 6.45) is 1.39. The Kier molecular flexibility index (Phi) is 6.47. The summed E-state index contributed by atoms with van der Waals surface area (Å²) in [6.45, 7) is 3.79. The molecule has 3 unspecified atom stereocenters. The van der Waals surface area contributed by atoms with Crippen LogP contribution in [0.15, 0.2) is 0 Å². The molecule has 0 spiro atoms. The molecule has 0 aromatic carbocycles. The molecule has 5 nitrogen and oxygen atoms in total. The van der Waals surface area contributed by atoms with Crippen LogP contribution >= 0.6 is 0 Å². The standard InChI is InChI=1S/C12H23NO4/c1-9-8-17-6-4-11(9)12(15)13-10(7-14)3-5-16-2/h9-11,14H,3-8H2,1-2H3,(H,13,15). The monoisotopic (exact) mass is 245 g/mol. The largest absolute Gasteiger partial charge is 0.394 e. The molecule has 0 aromatic heterocycles. The first-order valence-electron chi connectivity index (χ1n) is 6.17. The highest BCUT2D eigenvalue weighted by molar-refractivity contribution is 5.79. The molecule has 5 heteroatoms. The zero-order valence-electron chi connectivity index (χ0n) is 10.6. The summed E-state index contributed by atoms with van der Waals surface area (Å²) >= 11 is 0. The van der Waals surface area contributed by atoms with Crippen molar-refractivity contribution in [3.63, 3.8) is 0 Å². The molecule has 1 aliphatic heterocycles. The van der Waals surface area contributed by atoms with E-state index in [-0.39, 0.29) is 30.4 Å². The summed E-state index contributed by atoms with van der Waals surface area (Å²) < 4.78 is 10.2. The average Bonchev–Trinajstić information content (AvgIpc) is 2.34. The van der Waals surface area contributed by atoms with Gasteiger partial charge in [0.05, 0.1) is 12.6 Å². The van der Waals surface area contributed by atoms with Crippen LogP contribution in [-0.4, -0.2) is 50.6 Å². The van der Waals surface area contributed by atoms with E-state index in [1.165, 1.54) is 0 Å². The summed E-state index contributed by atoms with van der Waals surface area (Å²) in [4.78, 5) is 12.0. The molecule has 1 fully saturated rings. The summed E-state index contributed by atoms with van der Waals surface area (Å²) in [5.41, 5.74) is 0. The first kappa shape index (κ1) is 14.4. The minimum absolute atomic E-state index is 0.000319. The topological polar surface area (TPSA) is 67.8 Å². The van der Waals surface area contributed by atoms with E-state index in [0.29, 0.717) is 26.2 Å². The first-order chi connectivity index (χ1) is 8.19. The molecule has 0 saturated carbocycles. The van der Waals surface area contributed by atoms with Gasteiger partial charge in [-0.3, -0.25) is 4.79 Å². The van der Waals surface area contributed by atoms with Crippen molar-refractivity contribution in [1.82, 2.24) is 5.32 Å². The van der Waals surface area contributed by atoms with Crippen LogP contribution in [0, 0.1) is 11.8 Å². The number of aliphatic hydroxyl groups excluding tert-OH is 1. The van der Waals surface area contributed by atoms with Crippen LogP contribution in [-0.2, 0) is 14.3 Å². The van der Waals surface area contributed by atoms with Crippen LogP contribution < -0.4 is 5.32 Å². The van der Waals surface area contributed by atoms with Crippen molar-refractivity contribution in [2.45, 2.75) is 25.8 Å². The zero-order valence-corrected chi connectivity index (χ0v) is 10.6. The van der Waals surface area contributed by atoms with E-state index in [1.807, 2.05) is 6.92 Å². The molecule has 1 amide bonds. The molecule has 17 heavy (non-hydrogen) atoms. The van der Waals surface area contributed by atoms with Crippen LogP contribution in [0.2, 0.25) is 0 Å². The average molecular weight is 245 g/mol. The van der Waals surface area contributed by atoms with Crippen molar-refractivity contribution in [3.05, 3.63) is 0 Å². The number of methoxy groups -OCH3 is 1. The van der Waals surface area contributed by atoms with Crippen LogP contribution in [0.1, 0.15) is 19.8 Å². The van der Waals surface area contributed by atoms with Gasteiger partial charge in [0.15, 0.2) is 0 Å². The first-order valence-corrected chi connectivity index (χ1v) is 6.17. The SMILES string of the molecule is COCCC(CO)NC(=O)C1CCOCC1C. The molecule has 0 aliphatic carbocycles. The quantitative estimate of drug-likeness (QED) is 0.700. The number of amides is 1. The highest BCUT2D eigenvalue weighted by atomic mass is 16.5. The number of rotatable bonds is 6. The van der Waals surface area contributed by atoms with E-state index in [9.17, 15) is 9.90 Å². The third-order valence-corrected chi connectivity index (χ3v) is 3.21. The molecular formula is C12H23NO4. The molecule has 3 atom stereocenters. The summed E-state index contributed by atoms with van der Waals surface area (Å²) in [7, 11) is 1.61. The Balaban J connectivity index is 2.39. The summed E-state index contributed by atoms with van der Waals surface area (Å²) in [5, 5.41) is 12.0. The van der Waals surface area contributed by atoms with Gasteiger partial charge >= 0.3 is 0 Å². The van der Waals surface area contributed by atoms with E-state index in [0.717, 1.165) is 6.42 Å². The van der Waals surface area contributed by atoms with Gasteiger partial charge in [-0.1, -0.05) is 6.92 Å². The molecule has 1 saturated heterocycles. The number of hydrogen-bond acceptors (Lipinski definition) is 4. The lowest BCUT2D eigenvalue weighted by Crippen LogP contribution is -2.45. The molecular weight excluding hydrogens is 222 g/mol. The van der Waals surface area contributed by atoms with Crippen LogP contribution in [0.25, 0.3) is 0 Å². The Bertz CT molecular complexity index is 235. The molecule has 0 aromatic rings. The van der Waals surface area contributed by atoms with E-state index in [4.69, 9.17) is 9.47 Å². The number of nitrogens with one attached hydrogen (secondary N) is 1. The zero-order chi connectivity index (χ0) is 12.7. The second-order valence-electron chi connectivity index (χ2n) is 4.62. The minimum atomic E-state index is -0.211. The van der Waals surface area contributed by atoms with Gasteiger partial charge in [0.25, 0.3) is 0 Å². The maximum atomic E-state index is 12.0. The maximum absolute atomic E-state index is 12.0. The molecule has 100 valence electrons. The Morgan fingerprint density at radius 2 is 2.41 bits per heavy atom. The number of hydrogen-bond donors (Lipinski definition) is 2. The van der Waals surface area contributed by atoms with Gasteiger partial charge in [-0.2, -0.15) is 0 Å². The van der Waals surface area contributed by atoms with Gasteiger partial charge in [0, 0.05) is 32.8 Å². The summed E-state index contributed by atoms with van der Waals surface area (Å²) in [6, 6.07) is -0.211. The van der Waals surface area contributed by atoms with Crippen molar-refractivity contribution in [1.29, 1.82) is 0 Å².